The van der Waals surface area contributed by atoms with Crippen LogP contribution < -0.4 is 14.4 Å². The Kier molecular flexibility index (Phi) is 9.76. The lowest BCUT2D eigenvalue weighted by molar-refractivity contribution is -0.139. The Labute approximate surface area is 206 Å². The van der Waals surface area contributed by atoms with E-state index < -0.39 is 28.5 Å². The van der Waals surface area contributed by atoms with Gasteiger partial charge in [-0.25, -0.2) is 8.42 Å². The van der Waals surface area contributed by atoms with E-state index in [-0.39, 0.29) is 29.1 Å². The van der Waals surface area contributed by atoms with Crippen molar-refractivity contribution < 1.29 is 22.7 Å². The Morgan fingerprint density at radius 1 is 1.06 bits per heavy atom. The predicted octanol–water partition coefficient (Wildman–Crippen LogP) is 3.30. The van der Waals surface area contributed by atoms with Gasteiger partial charge < -0.3 is 15.0 Å². The number of sulfonamides is 1. The van der Waals surface area contributed by atoms with Crippen LogP contribution in [0.15, 0.2) is 48.5 Å². The molecular formula is C24H32ClN3O5S. The minimum atomic E-state index is -3.83. The summed E-state index contributed by atoms with van der Waals surface area (Å²) in [6.45, 7) is 5.64. The monoisotopic (exact) mass is 509 g/mol. The zero-order valence-corrected chi connectivity index (χ0v) is 21.7. The van der Waals surface area contributed by atoms with Crippen molar-refractivity contribution in [3.05, 3.63) is 59.1 Å². The van der Waals surface area contributed by atoms with Gasteiger partial charge in [0.25, 0.3) is 0 Å². The van der Waals surface area contributed by atoms with E-state index >= 15 is 0 Å². The molecule has 10 heteroatoms. The first-order valence-corrected chi connectivity index (χ1v) is 13.1. The van der Waals surface area contributed by atoms with Crippen molar-refractivity contribution in [2.24, 2.45) is 5.92 Å². The summed E-state index contributed by atoms with van der Waals surface area (Å²) in [4.78, 5) is 27.6. The Bertz CT molecular complexity index is 1090. The fourth-order valence-electron chi connectivity index (χ4n) is 3.21. The average Bonchev–Trinajstić information content (AvgIpc) is 2.79. The Hall–Kier alpha value is -2.78. The van der Waals surface area contributed by atoms with E-state index in [9.17, 15) is 18.0 Å². The molecule has 2 aromatic carbocycles. The SMILES string of the molecule is COc1ccc(CN(C(=O)CN(c2ccccc2Cl)S(C)(=O)=O)[C@H](C)C(=O)NCC(C)C)cc1. The molecule has 0 saturated carbocycles. The van der Waals surface area contributed by atoms with E-state index in [0.29, 0.717) is 12.3 Å². The van der Waals surface area contributed by atoms with Gasteiger partial charge >= 0.3 is 0 Å². The highest BCUT2D eigenvalue weighted by Crippen LogP contribution is 2.27. The molecule has 186 valence electrons. The number of benzene rings is 2. The smallest absolute Gasteiger partial charge is 0.244 e. The van der Waals surface area contributed by atoms with Crippen molar-refractivity contribution in [1.82, 2.24) is 10.2 Å². The third-order valence-corrected chi connectivity index (χ3v) is 6.61. The van der Waals surface area contributed by atoms with E-state index in [0.717, 1.165) is 16.1 Å². The summed E-state index contributed by atoms with van der Waals surface area (Å²) >= 11 is 6.22. The molecule has 0 saturated heterocycles. The van der Waals surface area contributed by atoms with Gasteiger partial charge in [-0.1, -0.05) is 49.7 Å². The fraction of sp³-hybridized carbons (Fsp3) is 0.417. The van der Waals surface area contributed by atoms with Crippen molar-refractivity contribution in [3.8, 4) is 5.75 Å². The molecule has 1 atom stereocenters. The Morgan fingerprint density at radius 3 is 2.21 bits per heavy atom. The van der Waals surface area contributed by atoms with Crippen LogP contribution >= 0.6 is 11.6 Å². The first-order valence-electron chi connectivity index (χ1n) is 10.9. The van der Waals surface area contributed by atoms with Crippen LogP contribution in [0, 0.1) is 5.92 Å². The zero-order valence-electron chi connectivity index (χ0n) is 20.1. The maximum absolute atomic E-state index is 13.5. The molecule has 2 rings (SSSR count). The van der Waals surface area contributed by atoms with Gasteiger partial charge in [0.1, 0.15) is 18.3 Å². The van der Waals surface area contributed by atoms with E-state index in [1.165, 1.54) is 11.0 Å². The number of methoxy groups -OCH3 is 1. The van der Waals surface area contributed by atoms with E-state index in [1.54, 1.807) is 56.5 Å². The highest BCUT2D eigenvalue weighted by Gasteiger charge is 2.30. The molecule has 0 heterocycles. The zero-order chi connectivity index (χ0) is 25.5. The lowest BCUT2D eigenvalue weighted by Crippen LogP contribution is -2.51. The van der Waals surface area contributed by atoms with Crippen LogP contribution in [-0.2, 0) is 26.2 Å². The van der Waals surface area contributed by atoms with Gasteiger partial charge in [-0.05, 0) is 42.7 Å². The van der Waals surface area contributed by atoms with E-state index in [1.807, 2.05) is 13.8 Å². The van der Waals surface area contributed by atoms with Gasteiger partial charge in [0.05, 0.1) is 24.1 Å². The molecule has 0 spiro atoms. The van der Waals surface area contributed by atoms with Crippen molar-refractivity contribution in [1.29, 1.82) is 0 Å². The number of halogens is 1. The Balaban J connectivity index is 2.37. The molecular weight excluding hydrogens is 478 g/mol. The van der Waals surface area contributed by atoms with E-state index in [2.05, 4.69) is 5.32 Å². The normalized spacial score (nSPS) is 12.2. The summed E-state index contributed by atoms with van der Waals surface area (Å²) < 4.78 is 31.2. The van der Waals surface area contributed by atoms with Crippen molar-refractivity contribution >= 4 is 39.1 Å². The number of carbonyl (C=O) groups excluding carboxylic acids is 2. The topological polar surface area (TPSA) is 96.0 Å². The fourth-order valence-corrected chi connectivity index (χ4v) is 4.36. The number of anilines is 1. The van der Waals surface area contributed by atoms with Crippen molar-refractivity contribution in [3.63, 3.8) is 0 Å². The van der Waals surface area contributed by atoms with Crippen LogP contribution in [-0.4, -0.2) is 57.6 Å². The number of ether oxygens (including phenoxy) is 1. The molecule has 0 radical (unpaired) electrons. The lowest BCUT2D eigenvalue weighted by atomic mass is 10.1. The minimum absolute atomic E-state index is 0.110. The molecule has 0 fully saturated rings. The molecule has 2 amide bonds. The first kappa shape index (κ1) is 27.5. The second-order valence-corrected chi connectivity index (χ2v) is 10.7. The number of amides is 2. The second-order valence-electron chi connectivity index (χ2n) is 8.41. The van der Waals surface area contributed by atoms with Gasteiger partial charge in [-0.2, -0.15) is 0 Å². The van der Waals surface area contributed by atoms with Crippen molar-refractivity contribution in [2.75, 3.05) is 30.8 Å². The van der Waals surface area contributed by atoms with Crippen LogP contribution in [0.25, 0.3) is 0 Å². The maximum Gasteiger partial charge on any atom is 0.244 e. The number of nitrogens with zero attached hydrogens (tertiary/aromatic N) is 2. The quantitative estimate of drug-likeness (QED) is 0.501. The Morgan fingerprint density at radius 2 is 1.68 bits per heavy atom. The number of para-hydroxylation sites is 1. The molecule has 0 aliphatic heterocycles. The third-order valence-electron chi connectivity index (χ3n) is 5.16. The molecule has 0 unspecified atom stereocenters. The van der Waals surface area contributed by atoms with Crippen LogP contribution in [0.3, 0.4) is 0 Å². The van der Waals surface area contributed by atoms with Gasteiger partial charge in [0, 0.05) is 13.1 Å². The van der Waals surface area contributed by atoms with Gasteiger partial charge in [-0.15, -0.1) is 0 Å². The molecule has 2 aromatic rings. The van der Waals surface area contributed by atoms with Crippen LogP contribution in [0.1, 0.15) is 26.3 Å². The van der Waals surface area contributed by atoms with Gasteiger partial charge in [0.2, 0.25) is 21.8 Å². The summed E-state index contributed by atoms with van der Waals surface area (Å²) in [6.07, 6.45) is 1.01. The van der Waals surface area contributed by atoms with Crippen LogP contribution in [0.4, 0.5) is 5.69 Å². The molecule has 34 heavy (non-hydrogen) atoms. The summed E-state index contributed by atoms with van der Waals surface area (Å²) in [6, 6.07) is 12.7. The van der Waals surface area contributed by atoms with Crippen LogP contribution in [0.2, 0.25) is 5.02 Å². The summed E-state index contributed by atoms with van der Waals surface area (Å²) in [5.74, 6) is 0.0433. The largest absolute Gasteiger partial charge is 0.497 e. The summed E-state index contributed by atoms with van der Waals surface area (Å²) in [7, 11) is -2.28. The summed E-state index contributed by atoms with van der Waals surface area (Å²) in [5, 5.41) is 3.04. The number of hydrogen-bond acceptors (Lipinski definition) is 5. The average molecular weight is 510 g/mol. The molecule has 1 N–H and O–H groups in total. The van der Waals surface area contributed by atoms with Crippen molar-refractivity contribution in [2.45, 2.75) is 33.4 Å². The lowest BCUT2D eigenvalue weighted by Gasteiger charge is -2.31. The number of rotatable bonds is 11. The number of carbonyl (C=O) groups is 2. The van der Waals surface area contributed by atoms with Gasteiger partial charge in [0.15, 0.2) is 0 Å². The van der Waals surface area contributed by atoms with Gasteiger partial charge in [-0.3, -0.25) is 13.9 Å². The maximum atomic E-state index is 13.5. The molecule has 0 bridgehead atoms. The standard InChI is InChI=1S/C24H32ClN3O5S/c1-17(2)14-26-24(30)18(3)27(15-19-10-12-20(33-4)13-11-19)23(29)16-28(34(5,31)32)22-9-7-6-8-21(22)25/h6-13,17-18H,14-16H2,1-5H3,(H,26,30)/t18-/m1/s1. The number of nitrogens with one attached hydrogen (secondary N) is 1. The molecule has 0 aliphatic carbocycles. The highest BCUT2D eigenvalue weighted by atomic mass is 35.5. The number of hydrogen-bond donors (Lipinski definition) is 1. The minimum Gasteiger partial charge on any atom is -0.497 e. The predicted molar refractivity (Wildman–Crippen MR) is 134 cm³/mol. The highest BCUT2D eigenvalue weighted by molar-refractivity contribution is 7.92. The molecule has 0 aromatic heterocycles. The summed E-state index contributed by atoms with van der Waals surface area (Å²) in [5.41, 5.74) is 0.961. The molecule has 8 nitrogen and oxygen atoms in total. The second kappa shape index (κ2) is 12.1. The first-order chi connectivity index (χ1) is 15.9. The van der Waals surface area contributed by atoms with Crippen LogP contribution in [0.5, 0.6) is 5.75 Å². The third kappa shape index (κ3) is 7.63. The molecule has 0 aliphatic rings. The van der Waals surface area contributed by atoms with E-state index in [4.69, 9.17) is 16.3 Å².